The van der Waals surface area contributed by atoms with Gasteiger partial charge in [0.25, 0.3) is 0 Å². The van der Waals surface area contributed by atoms with E-state index in [-0.39, 0.29) is 17.9 Å². The first-order valence-corrected chi connectivity index (χ1v) is 11.5. The summed E-state index contributed by atoms with van der Waals surface area (Å²) in [6.07, 6.45) is 3.38. The molecule has 31 heavy (non-hydrogen) atoms. The number of ether oxygens (including phenoxy) is 1. The molecule has 1 aromatic heterocycles. The van der Waals surface area contributed by atoms with Crippen LogP contribution in [0.25, 0.3) is 11.1 Å². The molecule has 7 heteroatoms. The molecule has 2 aromatic carbocycles. The number of nitrogens with zero attached hydrogens (tertiary/aromatic N) is 1. The highest BCUT2D eigenvalue weighted by Crippen LogP contribution is 2.28. The maximum absolute atomic E-state index is 13.1. The summed E-state index contributed by atoms with van der Waals surface area (Å²) < 4.78 is 34.0. The van der Waals surface area contributed by atoms with E-state index in [2.05, 4.69) is 9.71 Å². The van der Waals surface area contributed by atoms with Crippen LogP contribution in [0.2, 0.25) is 0 Å². The second kappa shape index (κ2) is 9.85. The fraction of sp³-hybridized carbons (Fsp3) is 0.250. The fourth-order valence-corrected chi connectivity index (χ4v) is 4.91. The van der Waals surface area contributed by atoms with E-state index in [1.807, 2.05) is 37.3 Å². The van der Waals surface area contributed by atoms with Gasteiger partial charge in [-0.05, 0) is 66.8 Å². The number of rotatable bonds is 8. The van der Waals surface area contributed by atoms with E-state index in [9.17, 15) is 13.2 Å². The van der Waals surface area contributed by atoms with Crippen molar-refractivity contribution in [2.45, 2.75) is 38.1 Å². The Kier molecular flexibility index (Phi) is 7.20. The molecule has 0 unspecified atom stereocenters. The number of benzene rings is 2. The van der Waals surface area contributed by atoms with Gasteiger partial charge in [0.15, 0.2) is 0 Å². The van der Waals surface area contributed by atoms with Gasteiger partial charge in [0.1, 0.15) is 0 Å². The number of carbonyl (C=O) groups excluding carboxylic acids is 1. The minimum atomic E-state index is -3.85. The zero-order valence-electron chi connectivity index (χ0n) is 17.8. The Morgan fingerprint density at radius 2 is 1.84 bits per heavy atom. The third-order valence-electron chi connectivity index (χ3n) is 4.98. The van der Waals surface area contributed by atoms with Crippen LogP contribution in [-0.4, -0.2) is 26.0 Å². The zero-order chi connectivity index (χ0) is 22.4. The van der Waals surface area contributed by atoms with Crippen molar-refractivity contribution in [1.29, 1.82) is 0 Å². The number of hydrogen-bond acceptors (Lipinski definition) is 5. The van der Waals surface area contributed by atoms with Crippen LogP contribution < -0.4 is 4.72 Å². The van der Waals surface area contributed by atoms with Gasteiger partial charge in [0.05, 0.1) is 24.0 Å². The predicted molar refractivity (Wildman–Crippen MR) is 120 cm³/mol. The summed E-state index contributed by atoms with van der Waals surface area (Å²) in [5.74, 6) is -0.467. The van der Waals surface area contributed by atoms with Crippen molar-refractivity contribution in [3.63, 3.8) is 0 Å². The highest BCUT2D eigenvalue weighted by atomic mass is 32.2. The maximum Gasteiger partial charge on any atom is 0.307 e. The van der Waals surface area contributed by atoms with Crippen LogP contribution in [0, 0.1) is 13.8 Å². The number of carbonyl (C=O) groups is 1. The number of pyridine rings is 1. The van der Waals surface area contributed by atoms with Gasteiger partial charge in [-0.1, -0.05) is 36.4 Å². The van der Waals surface area contributed by atoms with Crippen molar-refractivity contribution in [2.75, 3.05) is 6.61 Å². The number of aryl methyl sites for hydroxylation is 2. The molecule has 0 aliphatic rings. The average Bonchev–Trinajstić information content (AvgIpc) is 2.74. The largest absolute Gasteiger partial charge is 0.466 e. The third kappa shape index (κ3) is 5.57. The summed E-state index contributed by atoms with van der Waals surface area (Å²) in [6, 6.07) is 15.4. The van der Waals surface area contributed by atoms with Crippen LogP contribution in [0.4, 0.5) is 0 Å². The molecule has 0 spiro atoms. The molecular weight excluding hydrogens is 412 g/mol. The van der Waals surface area contributed by atoms with Crippen molar-refractivity contribution < 1.29 is 17.9 Å². The number of nitrogens with one attached hydrogen (secondary N) is 1. The van der Waals surface area contributed by atoms with Gasteiger partial charge < -0.3 is 4.74 Å². The Morgan fingerprint density at radius 3 is 2.55 bits per heavy atom. The number of esters is 1. The van der Waals surface area contributed by atoms with E-state index >= 15 is 0 Å². The monoisotopic (exact) mass is 438 g/mol. The molecular formula is C24H26N2O4S. The van der Waals surface area contributed by atoms with Crippen molar-refractivity contribution in [2.24, 2.45) is 0 Å². The molecule has 1 atom stereocenters. The van der Waals surface area contributed by atoms with Gasteiger partial charge in [0.2, 0.25) is 10.0 Å². The number of aromatic nitrogens is 1. The highest BCUT2D eigenvalue weighted by molar-refractivity contribution is 7.89. The number of hydrogen-bond donors (Lipinski definition) is 1. The summed E-state index contributed by atoms with van der Waals surface area (Å²) in [7, 11) is -3.85. The minimum absolute atomic E-state index is 0.113. The second-order valence-electron chi connectivity index (χ2n) is 7.26. The molecule has 1 heterocycles. The van der Waals surface area contributed by atoms with Crippen LogP contribution in [-0.2, 0) is 19.6 Å². The summed E-state index contributed by atoms with van der Waals surface area (Å²) >= 11 is 0. The Labute approximate surface area is 183 Å². The predicted octanol–water partition coefficient (Wildman–Crippen LogP) is 4.34. The Bertz CT molecular complexity index is 1180. The summed E-state index contributed by atoms with van der Waals surface area (Å²) in [5, 5.41) is 0. The molecule has 0 aliphatic heterocycles. The summed E-state index contributed by atoms with van der Waals surface area (Å²) in [6.45, 7) is 5.65. The lowest BCUT2D eigenvalue weighted by Gasteiger charge is -2.20. The van der Waals surface area contributed by atoms with Gasteiger partial charge in [-0.3, -0.25) is 9.78 Å². The molecule has 3 aromatic rings. The zero-order valence-corrected chi connectivity index (χ0v) is 18.6. The molecule has 1 N–H and O–H groups in total. The fourth-order valence-electron chi connectivity index (χ4n) is 3.44. The summed E-state index contributed by atoms with van der Waals surface area (Å²) in [4.78, 5) is 16.6. The van der Waals surface area contributed by atoms with E-state index < -0.39 is 22.0 Å². The van der Waals surface area contributed by atoms with E-state index in [1.165, 1.54) is 0 Å². The Hall–Kier alpha value is -3.03. The smallest absolute Gasteiger partial charge is 0.307 e. The van der Waals surface area contributed by atoms with E-state index in [4.69, 9.17) is 4.74 Å². The standard InChI is InChI=1S/C24H26N2O4S/c1-4-30-24(27)15-22(26-31(28,29)23-11-6-5-8-17(23)2)20-10-7-9-19(14-20)21-12-13-25-16-18(21)3/h5-14,16,22,26H,4,15H2,1-3H3/t22-/m0/s1. The lowest BCUT2D eigenvalue weighted by molar-refractivity contribution is -0.143. The molecule has 0 saturated carbocycles. The van der Waals surface area contributed by atoms with Crippen LogP contribution in [0.15, 0.2) is 71.9 Å². The lowest BCUT2D eigenvalue weighted by atomic mass is 9.97. The van der Waals surface area contributed by atoms with Crippen LogP contribution in [0.1, 0.15) is 36.1 Å². The highest BCUT2D eigenvalue weighted by Gasteiger charge is 2.25. The van der Waals surface area contributed by atoms with E-state index in [1.54, 1.807) is 50.5 Å². The van der Waals surface area contributed by atoms with Crippen LogP contribution >= 0.6 is 0 Å². The van der Waals surface area contributed by atoms with Crippen molar-refractivity contribution in [3.8, 4) is 11.1 Å². The average molecular weight is 439 g/mol. The third-order valence-corrected chi connectivity index (χ3v) is 6.61. The normalized spacial score (nSPS) is 12.4. The molecule has 3 rings (SSSR count). The van der Waals surface area contributed by atoms with Crippen molar-refractivity contribution in [1.82, 2.24) is 9.71 Å². The van der Waals surface area contributed by atoms with Crippen LogP contribution in [0.3, 0.4) is 0 Å². The Morgan fingerprint density at radius 1 is 1.06 bits per heavy atom. The first-order valence-electron chi connectivity index (χ1n) is 10.1. The minimum Gasteiger partial charge on any atom is -0.466 e. The van der Waals surface area contributed by atoms with Gasteiger partial charge in [-0.2, -0.15) is 0 Å². The lowest BCUT2D eigenvalue weighted by Crippen LogP contribution is -2.31. The van der Waals surface area contributed by atoms with Crippen molar-refractivity contribution in [3.05, 3.63) is 83.7 Å². The molecule has 0 saturated heterocycles. The van der Waals surface area contributed by atoms with Gasteiger partial charge in [-0.15, -0.1) is 0 Å². The van der Waals surface area contributed by atoms with Gasteiger partial charge in [-0.25, -0.2) is 13.1 Å². The Balaban J connectivity index is 2.00. The SMILES string of the molecule is CCOC(=O)C[C@H](NS(=O)(=O)c1ccccc1C)c1cccc(-c2ccncc2C)c1. The first-order chi connectivity index (χ1) is 14.8. The van der Waals surface area contributed by atoms with E-state index in [0.717, 1.165) is 16.7 Å². The molecule has 162 valence electrons. The van der Waals surface area contributed by atoms with Gasteiger partial charge in [0, 0.05) is 12.4 Å². The molecule has 6 nitrogen and oxygen atoms in total. The quantitative estimate of drug-likeness (QED) is 0.529. The molecule has 0 radical (unpaired) electrons. The van der Waals surface area contributed by atoms with Gasteiger partial charge >= 0.3 is 5.97 Å². The molecule has 0 aliphatic carbocycles. The van der Waals surface area contributed by atoms with Crippen molar-refractivity contribution >= 4 is 16.0 Å². The molecule has 0 amide bonds. The maximum atomic E-state index is 13.1. The van der Waals surface area contributed by atoms with E-state index in [0.29, 0.717) is 11.1 Å². The topological polar surface area (TPSA) is 85.4 Å². The van der Waals surface area contributed by atoms with Crippen LogP contribution in [0.5, 0.6) is 0 Å². The summed E-state index contributed by atoms with van der Waals surface area (Å²) in [5.41, 5.74) is 4.22. The molecule has 0 fully saturated rings. The second-order valence-corrected chi connectivity index (χ2v) is 8.95. The first kappa shape index (κ1) is 22.7. The number of sulfonamides is 1. The molecule has 0 bridgehead atoms.